The van der Waals surface area contributed by atoms with Crippen LogP contribution >= 0.6 is 10.7 Å². The molecule has 0 aromatic heterocycles. The molecule has 7 heteroatoms. The second-order valence-electron chi connectivity index (χ2n) is 4.36. The van der Waals surface area contributed by atoms with Crippen LogP contribution in [0.1, 0.15) is 32.6 Å². The van der Waals surface area contributed by atoms with Crippen LogP contribution in [-0.4, -0.2) is 32.4 Å². The molecule has 0 aliphatic heterocycles. The number of rotatable bonds is 4. The maximum atomic E-state index is 14.1. The van der Waals surface area contributed by atoms with Crippen LogP contribution in [0.4, 0.5) is 4.39 Å². The molecule has 0 radical (unpaired) electrons. The van der Waals surface area contributed by atoms with Crippen molar-refractivity contribution < 1.29 is 22.3 Å². The van der Waals surface area contributed by atoms with Gasteiger partial charge in [-0.05, 0) is 32.6 Å². The van der Waals surface area contributed by atoms with Crippen molar-refractivity contribution in [1.29, 1.82) is 0 Å². The number of halogens is 2. The Balaban J connectivity index is 2.52. The molecule has 0 aromatic rings. The quantitative estimate of drug-likeness (QED) is 0.586. The summed E-state index contributed by atoms with van der Waals surface area (Å²) in [7, 11) is 1.20. The highest BCUT2D eigenvalue weighted by molar-refractivity contribution is 8.13. The zero-order chi connectivity index (χ0) is 13.1. The van der Waals surface area contributed by atoms with E-state index in [1.807, 2.05) is 0 Å². The largest absolute Gasteiger partial charge is 0.466 e. The van der Waals surface area contributed by atoms with Gasteiger partial charge in [0.2, 0.25) is 9.05 Å². The van der Waals surface area contributed by atoms with Crippen molar-refractivity contribution >= 4 is 25.7 Å². The minimum Gasteiger partial charge on any atom is -0.466 e. The monoisotopic (exact) mass is 286 g/mol. The Bertz CT molecular complexity index is 374. The maximum Gasteiger partial charge on any atom is 0.308 e. The van der Waals surface area contributed by atoms with Crippen LogP contribution in [-0.2, 0) is 18.6 Å². The predicted molar refractivity (Wildman–Crippen MR) is 62.1 cm³/mol. The van der Waals surface area contributed by atoms with Gasteiger partial charge < -0.3 is 4.74 Å². The molecular weight excluding hydrogens is 271 g/mol. The van der Waals surface area contributed by atoms with E-state index in [4.69, 9.17) is 15.4 Å². The molecular formula is C10H16ClFO4S. The van der Waals surface area contributed by atoms with Gasteiger partial charge in [0, 0.05) is 10.7 Å². The molecule has 0 N–H and O–H groups in total. The fourth-order valence-electron chi connectivity index (χ4n) is 2.08. The van der Waals surface area contributed by atoms with Crippen LogP contribution in [0.5, 0.6) is 0 Å². The summed E-state index contributed by atoms with van der Waals surface area (Å²) in [6, 6.07) is 0. The predicted octanol–water partition coefficient (Wildman–Crippen LogP) is 2.02. The zero-order valence-electron chi connectivity index (χ0n) is 9.62. The first kappa shape index (κ1) is 14.7. The van der Waals surface area contributed by atoms with Crippen molar-refractivity contribution in [1.82, 2.24) is 0 Å². The highest BCUT2D eigenvalue weighted by atomic mass is 35.7. The Labute approximate surface area is 105 Å². The minimum atomic E-state index is -3.85. The maximum absolute atomic E-state index is 14.1. The number of hydrogen-bond donors (Lipinski definition) is 0. The van der Waals surface area contributed by atoms with E-state index in [0.717, 1.165) is 0 Å². The van der Waals surface area contributed by atoms with Gasteiger partial charge in [0.15, 0.2) is 0 Å². The molecule has 0 saturated heterocycles. The fourth-order valence-corrected chi connectivity index (χ4v) is 3.58. The third-order valence-electron chi connectivity index (χ3n) is 2.93. The Morgan fingerprint density at radius 1 is 1.47 bits per heavy atom. The molecule has 4 nitrogen and oxygen atoms in total. The summed E-state index contributed by atoms with van der Waals surface area (Å²) in [5.41, 5.74) is -1.80. The van der Waals surface area contributed by atoms with Gasteiger partial charge >= 0.3 is 5.97 Å². The second-order valence-corrected chi connectivity index (χ2v) is 7.14. The van der Waals surface area contributed by atoms with Crippen LogP contribution in [0.3, 0.4) is 0 Å². The summed E-state index contributed by atoms with van der Waals surface area (Å²) in [6.45, 7) is 2.01. The number of ether oxygens (including phenoxy) is 1. The van der Waals surface area contributed by atoms with Gasteiger partial charge in [-0.25, -0.2) is 12.8 Å². The third-order valence-corrected chi connectivity index (χ3v) is 4.12. The molecule has 0 aromatic carbocycles. The summed E-state index contributed by atoms with van der Waals surface area (Å²) in [5.74, 6) is -1.34. The summed E-state index contributed by atoms with van der Waals surface area (Å²) in [4.78, 5) is 11.4. The molecule has 1 rings (SSSR count). The van der Waals surface area contributed by atoms with Crippen molar-refractivity contribution in [3.8, 4) is 0 Å². The van der Waals surface area contributed by atoms with Gasteiger partial charge in [0.05, 0.1) is 18.3 Å². The summed E-state index contributed by atoms with van der Waals surface area (Å²) >= 11 is 0. The van der Waals surface area contributed by atoms with Crippen molar-refractivity contribution in [3.63, 3.8) is 0 Å². The van der Waals surface area contributed by atoms with E-state index >= 15 is 0 Å². The third kappa shape index (κ3) is 4.79. The molecule has 0 unspecified atom stereocenters. The Morgan fingerprint density at radius 3 is 2.41 bits per heavy atom. The fraction of sp³-hybridized carbons (Fsp3) is 0.900. The molecule has 1 fully saturated rings. The minimum absolute atomic E-state index is 0.0302. The van der Waals surface area contributed by atoms with E-state index < -0.39 is 20.5 Å². The molecule has 0 spiro atoms. The molecule has 1 aliphatic rings. The van der Waals surface area contributed by atoms with Crippen LogP contribution in [0, 0.1) is 5.92 Å². The van der Waals surface area contributed by atoms with Gasteiger partial charge in [-0.1, -0.05) is 0 Å². The molecule has 0 amide bonds. The van der Waals surface area contributed by atoms with E-state index in [0.29, 0.717) is 19.4 Å². The van der Waals surface area contributed by atoms with E-state index in [9.17, 15) is 17.6 Å². The van der Waals surface area contributed by atoms with E-state index in [1.165, 1.54) is 0 Å². The zero-order valence-corrected chi connectivity index (χ0v) is 11.2. The molecule has 0 heterocycles. The molecule has 1 aliphatic carbocycles. The first-order chi connectivity index (χ1) is 7.76. The van der Waals surface area contributed by atoms with Crippen molar-refractivity contribution in [3.05, 3.63) is 0 Å². The highest BCUT2D eigenvalue weighted by Crippen LogP contribution is 2.37. The normalized spacial score (nSPS) is 29.9. The Hall–Kier alpha value is -0.360. The lowest BCUT2D eigenvalue weighted by atomic mass is 9.81. The first-order valence-electron chi connectivity index (χ1n) is 5.54. The van der Waals surface area contributed by atoms with E-state index in [-0.39, 0.29) is 24.7 Å². The van der Waals surface area contributed by atoms with E-state index in [2.05, 4.69) is 0 Å². The summed E-state index contributed by atoms with van der Waals surface area (Å²) < 4.78 is 40.6. The second kappa shape index (κ2) is 5.52. The Kier molecular flexibility index (Phi) is 4.77. The average molecular weight is 287 g/mol. The standard InChI is InChI=1S/C10H16ClFO4S/c1-2-16-9(13)8-3-5-10(12,6-4-8)7-17(11,14)15/h8H,2-7H2,1H3. The Morgan fingerprint density at radius 2 is 2.00 bits per heavy atom. The number of carbonyl (C=O) groups is 1. The van der Waals surface area contributed by atoms with Crippen LogP contribution in [0.25, 0.3) is 0 Å². The van der Waals surface area contributed by atoms with Gasteiger partial charge in [-0.3, -0.25) is 4.79 Å². The number of esters is 1. The molecule has 0 atom stereocenters. The topological polar surface area (TPSA) is 60.4 Å². The summed E-state index contributed by atoms with van der Waals surface area (Å²) in [5, 5.41) is 0. The lowest BCUT2D eigenvalue weighted by Crippen LogP contribution is -2.37. The lowest BCUT2D eigenvalue weighted by molar-refractivity contribution is -0.150. The van der Waals surface area contributed by atoms with E-state index in [1.54, 1.807) is 6.92 Å². The number of carbonyl (C=O) groups excluding carboxylic acids is 1. The van der Waals surface area contributed by atoms with Crippen LogP contribution in [0.15, 0.2) is 0 Å². The molecule has 0 bridgehead atoms. The molecule has 1 saturated carbocycles. The lowest BCUT2D eigenvalue weighted by Gasteiger charge is -2.31. The first-order valence-corrected chi connectivity index (χ1v) is 8.01. The van der Waals surface area contributed by atoms with Gasteiger partial charge in [0.1, 0.15) is 5.67 Å². The van der Waals surface area contributed by atoms with Crippen molar-refractivity contribution in [2.75, 3.05) is 12.4 Å². The highest BCUT2D eigenvalue weighted by Gasteiger charge is 2.40. The van der Waals surface area contributed by atoms with Crippen molar-refractivity contribution in [2.24, 2.45) is 5.92 Å². The molecule has 17 heavy (non-hydrogen) atoms. The van der Waals surface area contributed by atoms with Gasteiger partial charge in [0.25, 0.3) is 0 Å². The summed E-state index contributed by atoms with van der Waals surface area (Å²) in [6.07, 6.45) is 0.675. The number of hydrogen-bond acceptors (Lipinski definition) is 4. The number of alkyl halides is 1. The van der Waals surface area contributed by atoms with Gasteiger partial charge in [-0.2, -0.15) is 0 Å². The molecule has 100 valence electrons. The smallest absolute Gasteiger partial charge is 0.308 e. The van der Waals surface area contributed by atoms with Gasteiger partial charge in [-0.15, -0.1) is 0 Å². The SMILES string of the molecule is CCOC(=O)C1CCC(F)(CS(=O)(=O)Cl)CC1. The van der Waals surface area contributed by atoms with Crippen LogP contribution in [0.2, 0.25) is 0 Å². The average Bonchev–Trinajstić information content (AvgIpc) is 2.15. The van der Waals surface area contributed by atoms with Crippen molar-refractivity contribution in [2.45, 2.75) is 38.3 Å². The van der Waals surface area contributed by atoms with Crippen LogP contribution < -0.4 is 0 Å².